The second-order valence-corrected chi connectivity index (χ2v) is 6.09. The van der Waals surface area contributed by atoms with E-state index in [0.717, 1.165) is 24.1 Å². The lowest BCUT2D eigenvalue weighted by Gasteiger charge is -2.23. The minimum atomic E-state index is -0.455. The summed E-state index contributed by atoms with van der Waals surface area (Å²) in [6.07, 6.45) is 3.26. The van der Waals surface area contributed by atoms with Gasteiger partial charge < -0.3 is 9.67 Å². The highest BCUT2D eigenvalue weighted by Crippen LogP contribution is 2.28. The third-order valence-corrected chi connectivity index (χ3v) is 4.32. The van der Waals surface area contributed by atoms with Crippen molar-refractivity contribution in [3.63, 3.8) is 0 Å². The van der Waals surface area contributed by atoms with Crippen molar-refractivity contribution in [1.82, 2.24) is 9.47 Å². The molecule has 1 aromatic heterocycles. The monoisotopic (exact) mass is 320 g/mol. The first kappa shape index (κ1) is 16.5. The molecule has 124 valence electrons. The Morgan fingerprint density at radius 2 is 1.42 bits per heavy atom. The van der Waals surface area contributed by atoms with Crippen LogP contribution in [0.5, 0.6) is 0 Å². The zero-order valence-electron chi connectivity index (χ0n) is 13.9. The number of hydrogen-bond acceptors (Lipinski definition) is 2. The van der Waals surface area contributed by atoms with Crippen molar-refractivity contribution in [2.24, 2.45) is 0 Å². The molecule has 0 aliphatic rings. The number of rotatable bonds is 8. The quantitative estimate of drug-likeness (QED) is 0.639. The molecule has 3 aromatic rings. The van der Waals surface area contributed by atoms with Gasteiger partial charge in [-0.15, -0.1) is 13.2 Å². The van der Waals surface area contributed by atoms with Crippen LogP contribution in [-0.4, -0.2) is 40.3 Å². The van der Waals surface area contributed by atoms with Crippen molar-refractivity contribution in [1.29, 1.82) is 0 Å². The van der Waals surface area contributed by atoms with Crippen LogP contribution in [0.25, 0.3) is 21.8 Å². The summed E-state index contributed by atoms with van der Waals surface area (Å²) in [7, 11) is 0. The van der Waals surface area contributed by atoms with Gasteiger partial charge in [-0.2, -0.15) is 0 Å². The van der Waals surface area contributed by atoms with Gasteiger partial charge in [0.05, 0.1) is 12.6 Å². The minimum Gasteiger partial charge on any atom is -0.390 e. The second-order valence-electron chi connectivity index (χ2n) is 6.09. The fourth-order valence-corrected chi connectivity index (χ4v) is 3.36. The first-order valence-corrected chi connectivity index (χ1v) is 8.32. The van der Waals surface area contributed by atoms with E-state index in [-0.39, 0.29) is 0 Å². The SMILES string of the molecule is C=CCN(CC=C)C[C@@H](O)Cn1c2ccccc2c2ccccc21. The summed E-state index contributed by atoms with van der Waals surface area (Å²) in [6, 6.07) is 16.7. The average Bonchev–Trinajstić information content (AvgIpc) is 2.90. The molecule has 0 fully saturated rings. The molecule has 1 heterocycles. The molecule has 0 aliphatic heterocycles. The van der Waals surface area contributed by atoms with E-state index in [1.165, 1.54) is 10.8 Å². The second kappa shape index (κ2) is 7.47. The number of para-hydroxylation sites is 2. The Kier molecular flexibility index (Phi) is 5.14. The van der Waals surface area contributed by atoms with E-state index < -0.39 is 6.10 Å². The lowest BCUT2D eigenvalue weighted by molar-refractivity contribution is 0.111. The van der Waals surface area contributed by atoms with E-state index in [1.807, 2.05) is 24.3 Å². The van der Waals surface area contributed by atoms with Crippen molar-refractivity contribution < 1.29 is 5.11 Å². The van der Waals surface area contributed by atoms with Gasteiger partial charge >= 0.3 is 0 Å². The van der Waals surface area contributed by atoms with Gasteiger partial charge in [-0.3, -0.25) is 4.90 Å². The van der Waals surface area contributed by atoms with Crippen molar-refractivity contribution >= 4 is 21.8 Å². The van der Waals surface area contributed by atoms with Gasteiger partial charge in [-0.25, -0.2) is 0 Å². The molecule has 0 bridgehead atoms. The number of hydrogen-bond donors (Lipinski definition) is 1. The normalized spacial score (nSPS) is 12.8. The zero-order chi connectivity index (χ0) is 16.9. The Morgan fingerprint density at radius 3 is 1.92 bits per heavy atom. The van der Waals surface area contributed by atoms with E-state index in [4.69, 9.17) is 0 Å². The lowest BCUT2D eigenvalue weighted by Crippen LogP contribution is -2.35. The maximum atomic E-state index is 10.6. The highest BCUT2D eigenvalue weighted by molar-refractivity contribution is 6.07. The minimum absolute atomic E-state index is 0.455. The summed E-state index contributed by atoms with van der Waals surface area (Å²) >= 11 is 0. The molecule has 0 aliphatic carbocycles. The summed E-state index contributed by atoms with van der Waals surface area (Å²) in [4.78, 5) is 2.14. The molecule has 1 atom stereocenters. The number of nitrogens with zero attached hydrogens (tertiary/aromatic N) is 2. The van der Waals surface area contributed by atoms with Crippen LogP contribution in [0, 0.1) is 0 Å². The van der Waals surface area contributed by atoms with Crippen LogP contribution in [-0.2, 0) is 6.54 Å². The fourth-order valence-electron chi connectivity index (χ4n) is 3.36. The number of aliphatic hydroxyl groups excluding tert-OH is 1. The number of aliphatic hydroxyl groups is 1. The van der Waals surface area contributed by atoms with Gasteiger partial charge in [0.25, 0.3) is 0 Å². The maximum Gasteiger partial charge on any atom is 0.0846 e. The Bertz CT molecular complexity index is 786. The number of fused-ring (bicyclic) bond motifs is 3. The van der Waals surface area contributed by atoms with Crippen LogP contribution in [0.2, 0.25) is 0 Å². The van der Waals surface area contributed by atoms with Gasteiger partial charge in [0.1, 0.15) is 0 Å². The standard InChI is InChI=1S/C21H24N2O/c1-3-13-22(14-4-2)15-17(24)16-23-20-11-7-5-9-18(20)19-10-6-8-12-21(19)23/h3-12,17,24H,1-2,13-16H2/t17-/m1/s1. The van der Waals surface area contributed by atoms with E-state index in [0.29, 0.717) is 13.1 Å². The molecule has 3 rings (SSSR count). The van der Waals surface area contributed by atoms with E-state index in [1.54, 1.807) is 0 Å². The molecule has 24 heavy (non-hydrogen) atoms. The molecular formula is C21H24N2O. The smallest absolute Gasteiger partial charge is 0.0846 e. The van der Waals surface area contributed by atoms with Crippen LogP contribution in [0.4, 0.5) is 0 Å². The summed E-state index contributed by atoms with van der Waals surface area (Å²) < 4.78 is 2.22. The summed E-state index contributed by atoms with van der Waals surface area (Å²) in [5.41, 5.74) is 2.33. The molecule has 3 nitrogen and oxygen atoms in total. The third-order valence-electron chi connectivity index (χ3n) is 4.32. The van der Waals surface area contributed by atoms with Crippen molar-refractivity contribution in [2.75, 3.05) is 19.6 Å². The Morgan fingerprint density at radius 1 is 0.917 bits per heavy atom. The first-order chi connectivity index (χ1) is 11.7. The highest BCUT2D eigenvalue weighted by atomic mass is 16.3. The predicted octanol–water partition coefficient (Wildman–Crippen LogP) is 3.83. The fraction of sp³-hybridized carbons (Fsp3) is 0.238. The van der Waals surface area contributed by atoms with Crippen LogP contribution in [0.1, 0.15) is 0 Å². The van der Waals surface area contributed by atoms with E-state index >= 15 is 0 Å². The van der Waals surface area contributed by atoms with Crippen LogP contribution in [0.3, 0.4) is 0 Å². The van der Waals surface area contributed by atoms with Crippen LogP contribution >= 0.6 is 0 Å². The highest BCUT2D eigenvalue weighted by Gasteiger charge is 2.15. The first-order valence-electron chi connectivity index (χ1n) is 8.32. The third kappa shape index (κ3) is 3.28. The molecule has 1 N–H and O–H groups in total. The maximum absolute atomic E-state index is 10.6. The van der Waals surface area contributed by atoms with Crippen molar-refractivity contribution in [2.45, 2.75) is 12.6 Å². The van der Waals surface area contributed by atoms with Crippen molar-refractivity contribution in [3.05, 3.63) is 73.8 Å². The summed E-state index contributed by atoms with van der Waals surface area (Å²) in [5.74, 6) is 0. The number of aromatic nitrogens is 1. The van der Waals surface area contributed by atoms with Crippen molar-refractivity contribution in [3.8, 4) is 0 Å². The molecule has 0 radical (unpaired) electrons. The molecule has 2 aromatic carbocycles. The molecule has 0 unspecified atom stereocenters. The largest absolute Gasteiger partial charge is 0.390 e. The molecule has 0 spiro atoms. The summed E-state index contributed by atoms with van der Waals surface area (Å²) in [6.45, 7) is 10.2. The topological polar surface area (TPSA) is 28.4 Å². The van der Waals surface area contributed by atoms with Gasteiger partial charge in [0, 0.05) is 41.4 Å². The van der Waals surface area contributed by atoms with Crippen LogP contribution < -0.4 is 0 Å². The molecule has 0 saturated carbocycles. The summed E-state index contributed by atoms with van der Waals surface area (Å²) in [5, 5.41) is 13.1. The van der Waals surface area contributed by atoms with E-state index in [9.17, 15) is 5.11 Å². The van der Waals surface area contributed by atoms with Gasteiger partial charge in [-0.1, -0.05) is 48.6 Å². The lowest BCUT2D eigenvalue weighted by atomic mass is 10.2. The van der Waals surface area contributed by atoms with Gasteiger partial charge in [0.2, 0.25) is 0 Å². The molecule has 3 heteroatoms. The Labute approximate surface area is 143 Å². The molecule has 0 saturated heterocycles. The Balaban J connectivity index is 1.91. The van der Waals surface area contributed by atoms with Crippen LogP contribution in [0.15, 0.2) is 73.8 Å². The number of benzene rings is 2. The Hall–Kier alpha value is -2.36. The van der Waals surface area contributed by atoms with Gasteiger partial charge in [-0.05, 0) is 12.1 Å². The van der Waals surface area contributed by atoms with E-state index in [2.05, 4.69) is 59.0 Å². The average molecular weight is 320 g/mol. The van der Waals surface area contributed by atoms with Gasteiger partial charge in [0.15, 0.2) is 0 Å². The zero-order valence-corrected chi connectivity index (χ0v) is 13.9. The molecule has 0 amide bonds. The molecular weight excluding hydrogens is 296 g/mol. The predicted molar refractivity (Wildman–Crippen MR) is 102 cm³/mol.